The van der Waals surface area contributed by atoms with Gasteiger partial charge in [0.15, 0.2) is 9.84 Å². The summed E-state index contributed by atoms with van der Waals surface area (Å²) in [5.74, 6) is -0.963. The second kappa shape index (κ2) is 5.14. The van der Waals surface area contributed by atoms with Crippen LogP contribution in [0.25, 0.3) is 0 Å². The molecule has 0 aromatic carbocycles. The molecule has 0 bridgehead atoms. The molecule has 96 valence electrons. The predicted molar refractivity (Wildman–Crippen MR) is 66.2 cm³/mol. The van der Waals surface area contributed by atoms with Crippen molar-refractivity contribution in [1.82, 2.24) is 4.98 Å². The second-order valence-corrected chi connectivity index (χ2v) is 7.58. The van der Waals surface area contributed by atoms with Crippen LogP contribution >= 0.6 is 11.3 Å². The fourth-order valence-electron chi connectivity index (χ4n) is 1.38. The molecule has 1 aromatic rings. The van der Waals surface area contributed by atoms with Gasteiger partial charge >= 0.3 is 5.97 Å². The number of hydrogen-bond donors (Lipinski definition) is 1. The lowest BCUT2D eigenvalue weighted by Gasteiger charge is -2.01. The summed E-state index contributed by atoms with van der Waals surface area (Å²) in [6.07, 6.45) is 1.65. The summed E-state index contributed by atoms with van der Waals surface area (Å²) in [4.78, 5) is 15.3. The van der Waals surface area contributed by atoms with Crippen molar-refractivity contribution in [3.05, 3.63) is 15.6 Å². The average molecular weight is 277 g/mol. The molecule has 0 atom stereocenters. The van der Waals surface area contributed by atoms with Crippen LogP contribution in [-0.4, -0.2) is 30.7 Å². The summed E-state index contributed by atoms with van der Waals surface area (Å²) < 4.78 is 22.3. The van der Waals surface area contributed by atoms with E-state index in [1.807, 2.05) is 13.8 Å². The molecular formula is C10H15NO4S2. The monoisotopic (exact) mass is 277 g/mol. The van der Waals surface area contributed by atoms with Gasteiger partial charge in [0.2, 0.25) is 0 Å². The van der Waals surface area contributed by atoms with Crippen molar-refractivity contribution < 1.29 is 18.3 Å². The summed E-state index contributed by atoms with van der Waals surface area (Å²) in [5.41, 5.74) is 0.483. The molecule has 0 radical (unpaired) electrons. The van der Waals surface area contributed by atoms with Crippen LogP contribution in [0.15, 0.2) is 0 Å². The average Bonchev–Trinajstić information content (AvgIpc) is 2.43. The summed E-state index contributed by atoms with van der Waals surface area (Å²) >= 11 is 0.947. The first-order valence-electron chi connectivity index (χ1n) is 5.08. The minimum atomic E-state index is -3.18. The van der Waals surface area contributed by atoms with E-state index in [9.17, 15) is 13.2 Å². The molecule has 0 aliphatic carbocycles. The van der Waals surface area contributed by atoms with Crippen LogP contribution in [-0.2, 0) is 22.0 Å². The Morgan fingerprint density at radius 1 is 1.47 bits per heavy atom. The standard InChI is InChI=1S/C10H15NO4S2/c1-6(2)4-7-9(10(12)13)16-8(11-7)5-17(3,14)15/h6H,4-5H2,1-3H3,(H,12,13). The van der Waals surface area contributed by atoms with E-state index in [1.54, 1.807) is 0 Å². The van der Waals surface area contributed by atoms with Gasteiger partial charge in [-0.25, -0.2) is 18.2 Å². The van der Waals surface area contributed by atoms with Gasteiger partial charge in [0.1, 0.15) is 15.6 Å². The topological polar surface area (TPSA) is 84.3 Å². The highest BCUT2D eigenvalue weighted by Crippen LogP contribution is 2.22. The summed E-state index contributed by atoms with van der Waals surface area (Å²) in [7, 11) is -3.18. The van der Waals surface area contributed by atoms with Crippen LogP contribution in [0.3, 0.4) is 0 Å². The van der Waals surface area contributed by atoms with Crippen molar-refractivity contribution in [2.45, 2.75) is 26.0 Å². The molecular weight excluding hydrogens is 262 g/mol. The van der Waals surface area contributed by atoms with Crippen molar-refractivity contribution in [3.63, 3.8) is 0 Å². The first kappa shape index (κ1) is 14.1. The zero-order chi connectivity index (χ0) is 13.2. The maximum absolute atomic E-state index is 11.1. The van der Waals surface area contributed by atoms with E-state index in [0.29, 0.717) is 17.1 Å². The summed E-state index contributed by atoms with van der Waals surface area (Å²) in [6, 6.07) is 0. The van der Waals surface area contributed by atoms with Gasteiger partial charge in [-0.05, 0) is 12.3 Å². The number of carboxylic acid groups (broad SMARTS) is 1. The molecule has 0 saturated heterocycles. The van der Waals surface area contributed by atoms with Crippen molar-refractivity contribution >= 4 is 27.1 Å². The number of carbonyl (C=O) groups is 1. The van der Waals surface area contributed by atoms with Gasteiger partial charge in [0.05, 0.1) is 5.69 Å². The van der Waals surface area contributed by atoms with Gasteiger partial charge in [-0.15, -0.1) is 11.3 Å². The second-order valence-electron chi connectivity index (χ2n) is 4.36. The summed E-state index contributed by atoms with van der Waals surface area (Å²) in [5, 5.41) is 9.36. The molecule has 0 fully saturated rings. The van der Waals surface area contributed by atoms with Gasteiger partial charge < -0.3 is 5.11 Å². The van der Waals surface area contributed by atoms with E-state index in [2.05, 4.69) is 4.98 Å². The van der Waals surface area contributed by atoms with Crippen molar-refractivity contribution in [3.8, 4) is 0 Å². The number of nitrogens with zero attached hydrogens (tertiary/aromatic N) is 1. The molecule has 0 aliphatic heterocycles. The Morgan fingerprint density at radius 2 is 2.06 bits per heavy atom. The van der Waals surface area contributed by atoms with E-state index in [4.69, 9.17) is 5.11 Å². The van der Waals surface area contributed by atoms with E-state index < -0.39 is 15.8 Å². The molecule has 1 N–H and O–H groups in total. The Morgan fingerprint density at radius 3 is 2.47 bits per heavy atom. The maximum atomic E-state index is 11.1. The molecule has 1 heterocycles. The highest BCUT2D eigenvalue weighted by atomic mass is 32.2. The molecule has 1 aromatic heterocycles. The van der Waals surface area contributed by atoms with E-state index in [0.717, 1.165) is 17.6 Å². The van der Waals surface area contributed by atoms with Crippen LogP contribution in [0, 0.1) is 5.92 Å². The SMILES string of the molecule is CC(C)Cc1nc(CS(C)(=O)=O)sc1C(=O)O. The highest BCUT2D eigenvalue weighted by molar-refractivity contribution is 7.90. The number of rotatable bonds is 5. The Kier molecular flexibility index (Phi) is 4.26. The summed E-state index contributed by atoms with van der Waals surface area (Å²) in [6.45, 7) is 3.92. The quantitative estimate of drug-likeness (QED) is 0.883. The Balaban J connectivity index is 3.08. The lowest BCUT2D eigenvalue weighted by Crippen LogP contribution is -2.03. The van der Waals surface area contributed by atoms with Crippen molar-refractivity contribution in [1.29, 1.82) is 0 Å². The van der Waals surface area contributed by atoms with Crippen LogP contribution in [0.5, 0.6) is 0 Å². The Labute approximate surface area is 104 Å². The molecule has 0 amide bonds. The van der Waals surface area contributed by atoms with Crippen molar-refractivity contribution in [2.24, 2.45) is 5.92 Å². The van der Waals surface area contributed by atoms with E-state index >= 15 is 0 Å². The zero-order valence-corrected chi connectivity index (χ0v) is 11.6. The number of thiazole rings is 1. The van der Waals surface area contributed by atoms with Crippen LogP contribution < -0.4 is 0 Å². The van der Waals surface area contributed by atoms with E-state index in [-0.39, 0.29) is 16.5 Å². The van der Waals surface area contributed by atoms with Gasteiger partial charge in [-0.2, -0.15) is 0 Å². The number of sulfone groups is 1. The lowest BCUT2D eigenvalue weighted by atomic mass is 10.1. The zero-order valence-electron chi connectivity index (χ0n) is 9.93. The molecule has 17 heavy (non-hydrogen) atoms. The smallest absolute Gasteiger partial charge is 0.347 e. The molecule has 1 rings (SSSR count). The van der Waals surface area contributed by atoms with Crippen molar-refractivity contribution in [2.75, 3.05) is 6.26 Å². The Hall–Kier alpha value is -0.950. The molecule has 0 spiro atoms. The molecule has 5 nitrogen and oxygen atoms in total. The van der Waals surface area contributed by atoms with Gasteiger partial charge in [0.25, 0.3) is 0 Å². The third kappa shape index (κ3) is 4.43. The first-order chi connectivity index (χ1) is 7.69. The molecule has 7 heteroatoms. The number of hydrogen-bond acceptors (Lipinski definition) is 5. The minimum Gasteiger partial charge on any atom is -0.477 e. The number of aromatic carboxylic acids is 1. The normalized spacial score (nSPS) is 12.0. The fourth-order valence-corrected chi connectivity index (χ4v) is 3.50. The third-order valence-electron chi connectivity index (χ3n) is 1.92. The van der Waals surface area contributed by atoms with Crippen LogP contribution in [0.1, 0.15) is 34.2 Å². The van der Waals surface area contributed by atoms with Gasteiger partial charge in [-0.1, -0.05) is 13.8 Å². The first-order valence-corrected chi connectivity index (χ1v) is 7.96. The number of carboxylic acids is 1. The molecule has 0 aliphatic rings. The van der Waals surface area contributed by atoms with Crippen LogP contribution in [0.4, 0.5) is 0 Å². The Bertz CT molecular complexity index is 516. The molecule has 0 unspecified atom stereocenters. The maximum Gasteiger partial charge on any atom is 0.347 e. The number of aromatic nitrogens is 1. The largest absolute Gasteiger partial charge is 0.477 e. The van der Waals surface area contributed by atoms with Gasteiger partial charge in [-0.3, -0.25) is 0 Å². The fraction of sp³-hybridized carbons (Fsp3) is 0.600. The lowest BCUT2D eigenvalue weighted by molar-refractivity contribution is 0.0700. The third-order valence-corrected chi connectivity index (χ3v) is 3.99. The minimum absolute atomic E-state index is 0.150. The molecule has 0 saturated carbocycles. The predicted octanol–water partition coefficient (Wildman–Crippen LogP) is 1.58. The van der Waals surface area contributed by atoms with E-state index in [1.165, 1.54) is 0 Å². The van der Waals surface area contributed by atoms with Gasteiger partial charge in [0, 0.05) is 6.26 Å². The van der Waals surface area contributed by atoms with Crippen LogP contribution in [0.2, 0.25) is 0 Å². The highest BCUT2D eigenvalue weighted by Gasteiger charge is 2.19.